The second-order valence-electron chi connectivity index (χ2n) is 7.44. The van der Waals surface area contributed by atoms with Gasteiger partial charge >= 0.3 is 0 Å². The van der Waals surface area contributed by atoms with Crippen molar-refractivity contribution in [1.82, 2.24) is 14.5 Å². The molecular formula is C21H27N3S. The number of aromatic nitrogens is 2. The van der Waals surface area contributed by atoms with Crippen LogP contribution in [0, 0.1) is 5.92 Å². The first-order chi connectivity index (χ1) is 12.2. The maximum absolute atomic E-state index is 4.75. The molecule has 0 N–H and O–H groups in total. The van der Waals surface area contributed by atoms with Gasteiger partial charge in [0.15, 0.2) is 0 Å². The maximum atomic E-state index is 4.75. The molecule has 0 radical (unpaired) electrons. The summed E-state index contributed by atoms with van der Waals surface area (Å²) in [6, 6.07) is 10.8. The zero-order valence-electron chi connectivity index (χ0n) is 15.2. The minimum absolute atomic E-state index is 0.809. The van der Waals surface area contributed by atoms with Crippen molar-refractivity contribution in [2.45, 2.75) is 32.1 Å². The number of para-hydroxylation sites is 1. The summed E-state index contributed by atoms with van der Waals surface area (Å²) >= 11 is 1.88. The van der Waals surface area contributed by atoms with Gasteiger partial charge in [0.25, 0.3) is 0 Å². The Morgan fingerprint density at radius 2 is 2.00 bits per heavy atom. The first kappa shape index (κ1) is 16.8. The third-order valence-electron chi connectivity index (χ3n) is 5.54. The lowest BCUT2D eigenvalue weighted by atomic mass is 9.93. The Bertz CT molecular complexity index is 848. The summed E-state index contributed by atoms with van der Waals surface area (Å²) in [5.74, 6) is 0.809. The van der Waals surface area contributed by atoms with Gasteiger partial charge in [0, 0.05) is 29.0 Å². The third-order valence-corrected chi connectivity index (χ3v) is 6.58. The standard InChI is InChI=1S/C21H27N3S/c1-23-11-6-5-7-16(10-12-23)13-18-15-22-21(25-18)20-14-17-8-3-4-9-19(17)24(20)2/h3-4,8-9,14-16H,5-7,10-13H2,1-2H3. The second-order valence-corrected chi connectivity index (χ2v) is 8.55. The number of aryl methyl sites for hydroxylation is 1. The van der Waals surface area contributed by atoms with Crippen molar-refractivity contribution in [1.29, 1.82) is 0 Å². The molecule has 0 saturated carbocycles. The third kappa shape index (κ3) is 3.65. The van der Waals surface area contributed by atoms with Gasteiger partial charge in [-0.1, -0.05) is 31.0 Å². The van der Waals surface area contributed by atoms with Crippen LogP contribution in [0.3, 0.4) is 0 Å². The molecule has 3 aromatic rings. The average Bonchev–Trinajstić information content (AvgIpc) is 3.19. The van der Waals surface area contributed by atoms with E-state index < -0.39 is 0 Å². The van der Waals surface area contributed by atoms with E-state index in [1.807, 2.05) is 11.3 Å². The van der Waals surface area contributed by atoms with E-state index >= 15 is 0 Å². The number of likely N-dealkylation sites (tertiary alicyclic amines) is 1. The first-order valence-corrected chi connectivity index (χ1v) is 10.2. The molecule has 132 valence electrons. The molecule has 0 amide bonds. The Morgan fingerprint density at radius 1 is 1.12 bits per heavy atom. The molecule has 1 aromatic carbocycles. The van der Waals surface area contributed by atoms with E-state index in [1.165, 1.54) is 66.7 Å². The summed E-state index contributed by atoms with van der Waals surface area (Å²) in [5.41, 5.74) is 2.51. The van der Waals surface area contributed by atoms with Gasteiger partial charge in [-0.25, -0.2) is 4.98 Å². The highest BCUT2D eigenvalue weighted by atomic mass is 32.1. The van der Waals surface area contributed by atoms with Crippen LogP contribution in [0.15, 0.2) is 36.5 Å². The molecule has 1 saturated heterocycles. The van der Waals surface area contributed by atoms with Gasteiger partial charge in [-0.15, -0.1) is 11.3 Å². The monoisotopic (exact) mass is 353 g/mol. The Hall–Kier alpha value is -1.65. The Labute approximate surface area is 154 Å². The van der Waals surface area contributed by atoms with E-state index in [0.717, 1.165) is 10.9 Å². The van der Waals surface area contributed by atoms with E-state index in [-0.39, 0.29) is 0 Å². The highest BCUT2D eigenvalue weighted by molar-refractivity contribution is 7.15. The summed E-state index contributed by atoms with van der Waals surface area (Å²) in [4.78, 5) is 8.68. The Kier molecular flexibility index (Phi) is 4.91. The van der Waals surface area contributed by atoms with Gasteiger partial charge in [0.2, 0.25) is 0 Å². The highest BCUT2D eigenvalue weighted by Crippen LogP contribution is 2.32. The molecule has 0 spiro atoms. The number of rotatable bonds is 3. The van der Waals surface area contributed by atoms with Crippen LogP contribution < -0.4 is 0 Å². The molecule has 1 atom stereocenters. The Balaban J connectivity index is 1.52. The molecule has 2 aromatic heterocycles. The topological polar surface area (TPSA) is 21.1 Å². The maximum Gasteiger partial charge on any atom is 0.140 e. The number of hydrogen-bond acceptors (Lipinski definition) is 3. The van der Waals surface area contributed by atoms with Crippen molar-refractivity contribution >= 4 is 22.2 Å². The van der Waals surface area contributed by atoms with Gasteiger partial charge in [-0.2, -0.15) is 0 Å². The number of nitrogens with zero attached hydrogens (tertiary/aromatic N) is 3. The Morgan fingerprint density at radius 3 is 2.88 bits per heavy atom. The minimum atomic E-state index is 0.809. The summed E-state index contributed by atoms with van der Waals surface area (Å²) < 4.78 is 2.27. The normalized spacial score (nSPS) is 19.8. The first-order valence-electron chi connectivity index (χ1n) is 9.39. The smallest absolute Gasteiger partial charge is 0.140 e. The van der Waals surface area contributed by atoms with Crippen molar-refractivity contribution in [3.63, 3.8) is 0 Å². The number of hydrogen-bond donors (Lipinski definition) is 0. The van der Waals surface area contributed by atoms with Gasteiger partial charge in [0.1, 0.15) is 5.01 Å². The van der Waals surface area contributed by atoms with Gasteiger partial charge in [0.05, 0.1) is 5.69 Å². The molecule has 1 unspecified atom stereocenters. The number of benzene rings is 1. The zero-order chi connectivity index (χ0) is 17.2. The summed E-state index contributed by atoms with van der Waals surface area (Å²) in [6.45, 7) is 2.50. The van der Waals surface area contributed by atoms with E-state index in [2.05, 4.69) is 60.1 Å². The molecule has 25 heavy (non-hydrogen) atoms. The van der Waals surface area contributed by atoms with Crippen LogP contribution in [0.5, 0.6) is 0 Å². The van der Waals surface area contributed by atoms with Crippen LogP contribution in [-0.2, 0) is 13.5 Å². The van der Waals surface area contributed by atoms with Crippen molar-refractivity contribution in [2.75, 3.05) is 20.1 Å². The fourth-order valence-corrected chi connectivity index (χ4v) is 5.06. The van der Waals surface area contributed by atoms with E-state index in [1.54, 1.807) is 0 Å². The summed E-state index contributed by atoms with van der Waals surface area (Å²) in [5, 5.41) is 2.44. The van der Waals surface area contributed by atoms with Crippen molar-refractivity contribution in [3.05, 3.63) is 41.4 Å². The minimum Gasteiger partial charge on any atom is -0.342 e. The molecule has 3 heterocycles. The largest absolute Gasteiger partial charge is 0.342 e. The number of fused-ring (bicyclic) bond motifs is 1. The van der Waals surface area contributed by atoms with E-state index in [9.17, 15) is 0 Å². The average molecular weight is 354 g/mol. The van der Waals surface area contributed by atoms with Crippen LogP contribution in [0.4, 0.5) is 0 Å². The molecule has 1 aliphatic rings. The van der Waals surface area contributed by atoms with Crippen LogP contribution in [0.25, 0.3) is 21.6 Å². The fourth-order valence-electron chi connectivity index (χ4n) is 3.98. The molecule has 0 bridgehead atoms. The van der Waals surface area contributed by atoms with Gasteiger partial charge in [-0.3, -0.25) is 0 Å². The molecule has 1 fully saturated rings. The molecule has 4 rings (SSSR count). The second kappa shape index (κ2) is 7.30. The van der Waals surface area contributed by atoms with E-state index in [0.29, 0.717) is 0 Å². The SMILES string of the molecule is CN1CCCCC(Cc2cnc(-c3cc4ccccc4n3C)s2)CC1. The lowest BCUT2D eigenvalue weighted by molar-refractivity contribution is 0.257. The molecule has 3 nitrogen and oxygen atoms in total. The zero-order valence-corrected chi connectivity index (χ0v) is 16.1. The van der Waals surface area contributed by atoms with Gasteiger partial charge in [-0.05, 0) is 57.5 Å². The van der Waals surface area contributed by atoms with Crippen LogP contribution in [0.2, 0.25) is 0 Å². The van der Waals surface area contributed by atoms with Gasteiger partial charge < -0.3 is 9.47 Å². The highest BCUT2D eigenvalue weighted by Gasteiger charge is 2.17. The van der Waals surface area contributed by atoms with Crippen LogP contribution in [-0.4, -0.2) is 34.6 Å². The van der Waals surface area contributed by atoms with Crippen LogP contribution >= 0.6 is 11.3 Å². The van der Waals surface area contributed by atoms with Crippen molar-refractivity contribution in [2.24, 2.45) is 13.0 Å². The van der Waals surface area contributed by atoms with Crippen molar-refractivity contribution in [3.8, 4) is 10.7 Å². The molecule has 1 aliphatic heterocycles. The number of thiazole rings is 1. The van der Waals surface area contributed by atoms with Crippen molar-refractivity contribution < 1.29 is 0 Å². The predicted molar refractivity (Wildman–Crippen MR) is 107 cm³/mol. The summed E-state index contributed by atoms with van der Waals surface area (Å²) in [7, 11) is 4.40. The summed E-state index contributed by atoms with van der Waals surface area (Å²) in [6.07, 6.45) is 8.70. The lowest BCUT2D eigenvalue weighted by Gasteiger charge is -2.24. The quantitative estimate of drug-likeness (QED) is 0.663. The molecule has 4 heteroatoms. The molecular weight excluding hydrogens is 326 g/mol. The predicted octanol–water partition coefficient (Wildman–Crippen LogP) is 4.97. The lowest BCUT2D eigenvalue weighted by Crippen LogP contribution is -2.25. The van der Waals surface area contributed by atoms with Crippen LogP contribution in [0.1, 0.15) is 30.6 Å². The fraction of sp³-hybridized carbons (Fsp3) is 0.476. The molecule has 0 aliphatic carbocycles. The van der Waals surface area contributed by atoms with E-state index in [4.69, 9.17) is 4.98 Å².